The SMILES string of the molecule is COc1ccc(CCNC(=O)C2C(=O)NNC(c3ccccc3)C2c2ccccc2)cc1OC. The lowest BCUT2D eigenvalue weighted by molar-refractivity contribution is -0.139. The Morgan fingerprint density at radius 3 is 2.18 bits per heavy atom. The topological polar surface area (TPSA) is 88.7 Å². The van der Waals surface area contributed by atoms with Crippen molar-refractivity contribution >= 4 is 11.8 Å². The highest BCUT2D eigenvalue weighted by molar-refractivity contribution is 6.01. The molecule has 34 heavy (non-hydrogen) atoms. The van der Waals surface area contributed by atoms with E-state index < -0.39 is 5.92 Å². The first-order chi connectivity index (χ1) is 16.6. The highest BCUT2D eigenvalue weighted by atomic mass is 16.5. The molecule has 7 heteroatoms. The second-order valence-electron chi connectivity index (χ2n) is 8.17. The molecule has 1 aliphatic rings. The third-order valence-corrected chi connectivity index (χ3v) is 6.14. The van der Waals surface area contributed by atoms with Crippen molar-refractivity contribution in [2.75, 3.05) is 20.8 Å². The lowest BCUT2D eigenvalue weighted by atomic mass is 9.76. The van der Waals surface area contributed by atoms with Gasteiger partial charge in [0.25, 0.3) is 0 Å². The fourth-order valence-corrected chi connectivity index (χ4v) is 4.44. The van der Waals surface area contributed by atoms with Crippen LogP contribution in [0.5, 0.6) is 11.5 Å². The Morgan fingerprint density at radius 2 is 1.53 bits per heavy atom. The molecule has 0 spiro atoms. The molecule has 0 aliphatic carbocycles. The fourth-order valence-electron chi connectivity index (χ4n) is 4.44. The van der Waals surface area contributed by atoms with Crippen molar-refractivity contribution in [3.05, 3.63) is 95.6 Å². The van der Waals surface area contributed by atoms with Crippen molar-refractivity contribution in [3.63, 3.8) is 0 Å². The summed E-state index contributed by atoms with van der Waals surface area (Å²) in [4.78, 5) is 26.3. The van der Waals surface area contributed by atoms with Crippen LogP contribution in [0.25, 0.3) is 0 Å². The van der Waals surface area contributed by atoms with Gasteiger partial charge in [0.2, 0.25) is 11.8 Å². The van der Waals surface area contributed by atoms with Gasteiger partial charge in [0.15, 0.2) is 11.5 Å². The van der Waals surface area contributed by atoms with Crippen LogP contribution in [0.15, 0.2) is 78.9 Å². The zero-order valence-electron chi connectivity index (χ0n) is 19.3. The minimum Gasteiger partial charge on any atom is -0.493 e. The van der Waals surface area contributed by atoms with Crippen LogP contribution >= 0.6 is 0 Å². The zero-order valence-corrected chi connectivity index (χ0v) is 19.3. The van der Waals surface area contributed by atoms with E-state index >= 15 is 0 Å². The maximum atomic E-state index is 13.3. The van der Waals surface area contributed by atoms with Crippen LogP contribution in [-0.2, 0) is 16.0 Å². The number of rotatable bonds is 8. The van der Waals surface area contributed by atoms with Crippen LogP contribution in [0.1, 0.15) is 28.7 Å². The van der Waals surface area contributed by atoms with Crippen LogP contribution in [-0.4, -0.2) is 32.6 Å². The van der Waals surface area contributed by atoms with E-state index in [9.17, 15) is 9.59 Å². The number of methoxy groups -OCH3 is 2. The van der Waals surface area contributed by atoms with Crippen molar-refractivity contribution in [1.82, 2.24) is 16.2 Å². The summed E-state index contributed by atoms with van der Waals surface area (Å²) < 4.78 is 10.6. The molecule has 3 unspecified atom stereocenters. The Bertz CT molecular complexity index is 1120. The van der Waals surface area contributed by atoms with Gasteiger partial charge in [-0.15, -0.1) is 0 Å². The van der Waals surface area contributed by atoms with Gasteiger partial charge in [0.05, 0.1) is 20.3 Å². The Balaban J connectivity index is 1.53. The standard InChI is InChI=1S/C27H29N3O4/c1-33-21-14-13-18(17-22(21)34-2)15-16-28-26(31)24-23(19-9-5-3-6-10-19)25(29-30-27(24)32)20-11-7-4-8-12-20/h3-14,17,23-25,29H,15-16H2,1-2H3,(H,28,31)(H,30,32). The first-order valence-corrected chi connectivity index (χ1v) is 11.3. The van der Waals surface area contributed by atoms with Gasteiger partial charge >= 0.3 is 0 Å². The molecular weight excluding hydrogens is 430 g/mol. The Morgan fingerprint density at radius 1 is 0.882 bits per heavy atom. The maximum absolute atomic E-state index is 13.3. The van der Waals surface area contributed by atoms with Gasteiger partial charge in [-0.05, 0) is 35.2 Å². The molecule has 7 nitrogen and oxygen atoms in total. The summed E-state index contributed by atoms with van der Waals surface area (Å²) >= 11 is 0. The van der Waals surface area contributed by atoms with Gasteiger partial charge in [0.1, 0.15) is 5.92 Å². The smallest absolute Gasteiger partial charge is 0.247 e. The van der Waals surface area contributed by atoms with Crippen LogP contribution in [0.3, 0.4) is 0 Å². The van der Waals surface area contributed by atoms with Crippen molar-refractivity contribution < 1.29 is 19.1 Å². The van der Waals surface area contributed by atoms with E-state index in [1.807, 2.05) is 78.9 Å². The van der Waals surface area contributed by atoms with Crippen LogP contribution in [0.2, 0.25) is 0 Å². The van der Waals surface area contributed by atoms with Crippen molar-refractivity contribution in [3.8, 4) is 11.5 Å². The molecule has 0 saturated carbocycles. The van der Waals surface area contributed by atoms with E-state index in [1.54, 1.807) is 14.2 Å². The Hall–Kier alpha value is -3.84. The normalized spacial score (nSPS) is 19.7. The molecule has 1 aliphatic heterocycles. The number of ether oxygens (including phenoxy) is 2. The van der Waals surface area contributed by atoms with E-state index in [4.69, 9.17) is 9.47 Å². The maximum Gasteiger partial charge on any atom is 0.247 e. The molecule has 4 rings (SSSR count). The van der Waals surface area contributed by atoms with Crippen LogP contribution in [0.4, 0.5) is 0 Å². The van der Waals surface area contributed by atoms with E-state index in [0.29, 0.717) is 24.5 Å². The van der Waals surface area contributed by atoms with Crippen LogP contribution < -0.4 is 25.6 Å². The molecule has 0 bridgehead atoms. The minimum atomic E-state index is -0.876. The number of hydrazine groups is 1. The lowest BCUT2D eigenvalue weighted by Crippen LogP contribution is -2.57. The molecular formula is C27H29N3O4. The minimum absolute atomic E-state index is 0.247. The molecule has 2 amide bonds. The molecule has 3 atom stereocenters. The fraction of sp³-hybridized carbons (Fsp3) is 0.259. The number of hydrogen-bond acceptors (Lipinski definition) is 5. The molecule has 0 radical (unpaired) electrons. The van der Waals surface area contributed by atoms with Crippen molar-refractivity contribution in [2.24, 2.45) is 5.92 Å². The average molecular weight is 460 g/mol. The molecule has 0 aromatic heterocycles. The van der Waals surface area contributed by atoms with Gasteiger partial charge in [0, 0.05) is 12.5 Å². The lowest BCUT2D eigenvalue weighted by Gasteiger charge is -2.38. The molecule has 3 N–H and O–H groups in total. The van der Waals surface area contributed by atoms with Gasteiger partial charge < -0.3 is 14.8 Å². The van der Waals surface area contributed by atoms with E-state index in [2.05, 4.69) is 16.2 Å². The summed E-state index contributed by atoms with van der Waals surface area (Å²) in [5.74, 6) is -0.588. The number of hydrogen-bond donors (Lipinski definition) is 3. The highest BCUT2D eigenvalue weighted by Gasteiger charge is 2.44. The summed E-state index contributed by atoms with van der Waals surface area (Å²) in [6.45, 7) is 0.392. The third kappa shape index (κ3) is 5.05. The van der Waals surface area contributed by atoms with Crippen molar-refractivity contribution in [1.29, 1.82) is 0 Å². The molecule has 1 heterocycles. The van der Waals surface area contributed by atoms with E-state index in [-0.39, 0.29) is 23.8 Å². The van der Waals surface area contributed by atoms with Crippen LogP contribution in [0, 0.1) is 5.92 Å². The number of carbonyl (C=O) groups excluding carboxylic acids is 2. The second kappa shape index (κ2) is 10.9. The van der Waals surface area contributed by atoms with Gasteiger partial charge in [-0.3, -0.25) is 15.0 Å². The largest absolute Gasteiger partial charge is 0.493 e. The van der Waals surface area contributed by atoms with Crippen molar-refractivity contribution in [2.45, 2.75) is 18.4 Å². The average Bonchev–Trinajstić information content (AvgIpc) is 2.89. The summed E-state index contributed by atoms with van der Waals surface area (Å²) in [6, 6.07) is 25.0. The molecule has 3 aromatic rings. The Kier molecular flexibility index (Phi) is 7.44. The molecule has 1 saturated heterocycles. The predicted octanol–water partition coefficient (Wildman–Crippen LogP) is 3.14. The summed E-state index contributed by atoms with van der Waals surface area (Å²) in [7, 11) is 3.18. The van der Waals surface area contributed by atoms with Gasteiger partial charge in [-0.25, -0.2) is 5.43 Å². The first-order valence-electron chi connectivity index (χ1n) is 11.3. The second-order valence-corrected chi connectivity index (χ2v) is 8.17. The number of amides is 2. The van der Waals surface area contributed by atoms with E-state index in [0.717, 1.165) is 16.7 Å². The zero-order chi connectivity index (χ0) is 23.9. The number of benzene rings is 3. The number of carbonyl (C=O) groups is 2. The first kappa shape index (κ1) is 23.3. The highest BCUT2D eigenvalue weighted by Crippen LogP contribution is 2.39. The summed E-state index contributed by atoms with van der Waals surface area (Å²) in [6.07, 6.45) is 0.594. The molecule has 1 fully saturated rings. The quantitative estimate of drug-likeness (QED) is 0.451. The summed E-state index contributed by atoms with van der Waals surface area (Å²) in [5, 5.41) is 2.97. The van der Waals surface area contributed by atoms with E-state index in [1.165, 1.54) is 0 Å². The number of nitrogens with one attached hydrogen (secondary N) is 3. The monoisotopic (exact) mass is 459 g/mol. The summed E-state index contributed by atoms with van der Waals surface area (Å²) in [5.41, 5.74) is 8.76. The predicted molar refractivity (Wildman–Crippen MR) is 129 cm³/mol. The van der Waals surface area contributed by atoms with Gasteiger partial charge in [-0.1, -0.05) is 66.7 Å². The Labute approximate surface area is 199 Å². The molecule has 3 aromatic carbocycles. The van der Waals surface area contributed by atoms with Gasteiger partial charge in [-0.2, -0.15) is 0 Å². The molecule has 176 valence electrons. The third-order valence-electron chi connectivity index (χ3n) is 6.14.